The summed E-state index contributed by atoms with van der Waals surface area (Å²) in [6.45, 7) is 1.96. The Labute approximate surface area is 73.6 Å². The number of halogens is 1. The highest BCUT2D eigenvalue weighted by molar-refractivity contribution is 14.1. The van der Waals surface area contributed by atoms with Crippen LogP contribution in [-0.4, -0.2) is 26.2 Å². The fourth-order valence-corrected chi connectivity index (χ4v) is 1.52. The maximum atomic E-state index is 10.2. The Morgan fingerprint density at radius 2 is 2.20 bits per heavy atom. The summed E-state index contributed by atoms with van der Waals surface area (Å²) in [5.74, 6) is -1.13. The van der Waals surface area contributed by atoms with Gasteiger partial charge in [-0.3, -0.25) is 0 Å². The van der Waals surface area contributed by atoms with Crippen molar-refractivity contribution in [3.05, 3.63) is 0 Å². The SMILES string of the molecule is CCC[C@H](I)[C@@H](O)C(=O)O. The van der Waals surface area contributed by atoms with E-state index >= 15 is 0 Å². The molecule has 0 unspecified atom stereocenters. The minimum absolute atomic E-state index is 0.167. The van der Waals surface area contributed by atoms with Gasteiger partial charge in [-0.1, -0.05) is 35.9 Å². The Morgan fingerprint density at radius 3 is 2.50 bits per heavy atom. The number of rotatable bonds is 4. The number of carboxylic acids is 1. The van der Waals surface area contributed by atoms with Crippen LogP contribution in [0.4, 0.5) is 0 Å². The van der Waals surface area contributed by atoms with Crippen LogP contribution in [0.15, 0.2) is 0 Å². The van der Waals surface area contributed by atoms with Crippen molar-refractivity contribution in [2.75, 3.05) is 0 Å². The van der Waals surface area contributed by atoms with Crippen molar-refractivity contribution in [2.24, 2.45) is 0 Å². The predicted molar refractivity (Wildman–Crippen MR) is 46.4 cm³/mol. The summed E-state index contributed by atoms with van der Waals surface area (Å²) in [6.07, 6.45) is 0.437. The van der Waals surface area contributed by atoms with Crippen LogP contribution in [0.3, 0.4) is 0 Å². The number of hydrogen-bond acceptors (Lipinski definition) is 2. The Bertz CT molecular complexity index is 116. The third-order valence-electron chi connectivity index (χ3n) is 1.16. The Balaban J connectivity index is 3.69. The van der Waals surface area contributed by atoms with E-state index in [0.717, 1.165) is 12.8 Å². The van der Waals surface area contributed by atoms with Gasteiger partial charge in [0.1, 0.15) is 0 Å². The van der Waals surface area contributed by atoms with Crippen molar-refractivity contribution in [3.63, 3.8) is 0 Å². The quantitative estimate of drug-likeness (QED) is 0.585. The lowest BCUT2D eigenvalue weighted by atomic mass is 10.2. The molecule has 0 aliphatic carbocycles. The molecular weight excluding hydrogens is 247 g/mol. The summed E-state index contributed by atoms with van der Waals surface area (Å²) in [6, 6.07) is 0. The minimum Gasteiger partial charge on any atom is -0.479 e. The van der Waals surface area contributed by atoms with E-state index in [1.165, 1.54) is 0 Å². The van der Waals surface area contributed by atoms with E-state index in [-0.39, 0.29) is 3.92 Å². The molecule has 0 aliphatic rings. The highest BCUT2D eigenvalue weighted by Gasteiger charge is 2.21. The van der Waals surface area contributed by atoms with Crippen LogP contribution in [0.25, 0.3) is 0 Å². The lowest BCUT2D eigenvalue weighted by Gasteiger charge is -2.10. The summed E-state index contributed by atoms with van der Waals surface area (Å²) < 4.78 is -0.167. The minimum atomic E-state index is -1.21. The number of aliphatic hydroxyl groups excluding tert-OH is 1. The molecule has 10 heavy (non-hydrogen) atoms. The molecule has 0 saturated heterocycles. The van der Waals surface area contributed by atoms with E-state index < -0.39 is 12.1 Å². The molecule has 0 saturated carbocycles. The summed E-state index contributed by atoms with van der Waals surface area (Å²) in [5.41, 5.74) is 0. The van der Waals surface area contributed by atoms with E-state index in [0.29, 0.717) is 0 Å². The van der Waals surface area contributed by atoms with Gasteiger partial charge in [-0.2, -0.15) is 0 Å². The molecule has 2 atom stereocenters. The topological polar surface area (TPSA) is 57.5 Å². The molecule has 0 bridgehead atoms. The van der Waals surface area contributed by atoms with Crippen LogP contribution in [0.1, 0.15) is 19.8 Å². The average Bonchev–Trinajstić information content (AvgIpc) is 1.87. The third kappa shape index (κ3) is 3.36. The van der Waals surface area contributed by atoms with Crippen LogP contribution >= 0.6 is 22.6 Å². The first kappa shape index (κ1) is 10.2. The first-order valence-electron chi connectivity index (χ1n) is 3.14. The second kappa shape index (κ2) is 4.90. The van der Waals surface area contributed by atoms with Crippen molar-refractivity contribution >= 4 is 28.6 Å². The highest BCUT2D eigenvalue weighted by atomic mass is 127. The molecule has 3 nitrogen and oxygen atoms in total. The molecule has 0 aliphatic heterocycles. The average molecular weight is 258 g/mol. The summed E-state index contributed by atoms with van der Waals surface area (Å²) in [5, 5.41) is 17.2. The fourth-order valence-electron chi connectivity index (χ4n) is 0.588. The highest BCUT2D eigenvalue weighted by Crippen LogP contribution is 2.13. The Hall–Kier alpha value is 0.160. The summed E-state index contributed by atoms with van der Waals surface area (Å²) in [7, 11) is 0. The molecule has 0 spiro atoms. The van der Waals surface area contributed by atoms with Crippen LogP contribution in [-0.2, 0) is 4.79 Å². The van der Waals surface area contributed by atoms with Gasteiger partial charge in [-0.15, -0.1) is 0 Å². The molecule has 60 valence electrons. The van der Waals surface area contributed by atoms with Gasteiger partial charge in [0, 0.05) is 3.92 Å². The van der Waals surface area contributed by atoms with Gasteiger partial charge < -0.3 is 10.2 Å². The van der Waals surface area contributed by atoms with Gasteiger partial charge in [-0.25, -0.2) is 4.79 Å². The van der Waals surface area contributed by atoms with Gasteiger partial charge in [0.15, 0.2) is 6.10 Å². The van der Waals surface area contributed by atoms with Gasteiger partial charge in [0.25, 0.3) is 0 Å². The second-order valence-electron chi connectivity index (χ2n) is 2.09. The predicted octanol–water partition coefficient (Wildman–Crippen LogP) is 1.04. The first-order chi connectivity index (χ1) is 4.59. The van der Waals surface area contributed by atoms with E-state index in [1.807, 2.05) is 29.5 Å². The van der Waals surface area contributed by atoms with Crippen LogP contribution < -0.4 is 0 Å². The van der Waals surface area contributed by atoms with E-state index in [4.69, 9.17) is 10.2 Å². The summed E-state index contributed by atoms with van der Waals surface area (Å²) in [4.78, 5) is 10.2. The lowest BCUT2D eigenvalue weighted by molar-refractivity contribution is -0.146. The van der Waals surface area contributed by atoms with Crippen molar-refractivity contribution in [1.82, 2.24) is 0 Å². The number of aliphatic hydroxyl groups is 1. The van der Waals surface area contributed by atoms with E-state index in [1.54, 1.807) is 0 Å². The molecule has 2 N–H and O–H groups in total. The molecule has 0 heterocycles. The zero-order chi connectivity index (χ0) is 8.15. The molecule has 4 heteroatoms. The fraction of sp³-hybridized carbons (Fsp3) is 0.833. The van der Waals surface area contributed by atoms with Crippen LogP contribution in [0.2, 0.25) is 0 Å². The number of alkyl halides is 1. The molecule has 0 aromatic rings. The monoisotopic (exact) mass is 258 g/mol. The molecular formula is C6H11IO3. The lowest BCUT2D eigenvalue weighted by Crippen LogP contribution is -2.29. The zero-order valence-corrected chi connectivity index (χ0v) is 7.91. The van der Waals surface area contributed by atoms with Crippen molar-refractivity contribution in [1.29, 1.82) is 0 Å². The zero-order valence-electron chi connectivity index (χ0n) is 5.75. The molecule has 0 fully saturated rings. The number of hydrogen-bond donors (Lipinski definition) is 2. The third-order valence-corrected chi connectivity index (χ3v) is 2.46. The number of carbonyl (C=O) groups is 1. The van der Waals surface area contributed by atoms with Crippen molar-refractivity contribution in [2.45, 2.75) is 29.8 Å². The van der Waals surface area contributed by atoms with Crippen molar-refractivity contribution in [3.8, 4) is 0 Å². The normalized spacial score (nSPS) is 16.3. The maximum Gasteiger partial charge on any atom is 0.333 e. The molecule has 0 amide bonds. The first-order valence-corrected chi connectivity index (χ1v) is 4.39. The van der Waals surface area contributed by atoms with Gasteiger partial charge >= 0.3 is 5.97 Å². The standard InChI is InChI=1S/C6H11IO3/c1-2-3-4(7)5(8)6(9)10/h4-5,8H,2-3H2,1H3,(H,9,10)/t4-,5+/m0/s1. The second-order valence-corrected chi connectivity index (χ2v) is 3.69. The largest absolute Gasteiger partial charge is 0.479 e. The number of carboxylic acid groups (broad SMARTS) is 1. The van der Waals surface area contributed by atoms with E-state index in [9.17, 15) is 4.79 Å². The number of aliphatic carboxylic acids is 1. The van der Waals surface area contributed by atoms with Gasteiger partial charge in [0.2, 0.25) is 0 Å². The van der Waals surface area contributed by atoms with E-state index in [2.05, 4.69) is 0 Å². The molecule has 0 rings (SSSR count). The molecule has 0 aromatic carbocycles. The Morgan fingerprint density at radius 1 is 1.70 bits per heavy atom. The Kier molecular flexibility index (Phi) is 4.98. The molecule has 0 aromatic heterocycles. The molecule has 0 radical (unpaired) electrons. The van der Waals surface area contributed by atoms with Gasteiger partial charge in [0.05, 0.1) is 0 Å². The van der Waals surface area contributed by atoms with Crippen LogP contribution in [0, 0.1) is 0 Å². The van der Waals surface area contributed by atoms with Gasteiger partial charge in [-0.05, 0) is 6.42 Å². The smallest absolute Gasteiger partial charge is 0.333 e. The van der Waals surface area contributed by atoms with Crippen LogP contribution in [0.5, 0.6) is 0 Å². The summed E-state index contributed by atoms with van der Waals surface area (Å²) >= 11 is 1.95. The van der Waals surface area contributed by atoms with Crippen molar-refractivity contribution < 1.29 is 15.0 Å². The maximum absolute atomic E-state index is 10.2.